The number of aromatic nitrogens is 3. The van der Waals surface area contributed by atoms with Crippen LogP contribution in [0.4, 0.5) is 0 Å². The van der Waals surface area contributed by atoms with E-state index in [1.807, 2.05) is 27.0 Å². The van der Waals surface area contributed by atoms with Crippen LogP contribution in [-0.4, -0.2) is 65.0 Å². The fraction of sp³-hybridized carbons (Fsp3) is 0.588. The zero-order chi connectivity index (χ0) is 17.1. The van der Waals surface area contributed by atoms with Crippen molar-refractivity contribution in [2.45, 2.75) is 20.3 Å². The van der Waals surface area contributed by atoms with E-state index in [1.54, 1.807) is 4.68 Å². The SMILES string of the molecule is Cc1cc(C(=O)NCCCN2CCOCC2)c2c(C)nn(C)c2n1. The lowest BCUT2D eigenvalue weighted by Gasteiger charge is -2.26. The van der Waals surface area contributed by atoms with Crippen LogP contribution < -0.4 is 5.32 Å². The number of aryl methyl sites for hydroxylation is 3. The summed E-state index contributed by atoms with van der Waals surface area (Å²) < 4.78 is 7.07. The van der Waals surface area contributed by atoms with Gasteiger partial charge in [-0.15, -0.1) is 0 Å². The third kappa shape index (κ3) is 3.57. The van der Waals surface area contributed by atoms with Crippen molar-refractivity contribution >= 4 is 16.9 Å². The highest BCUT2D eigenvalue weighted by Crippen LogP contribution is 2.21. The maximum Gasteiger partial charge on any atom is 0.252 e. The van der Waals surface area contributed by atoms with Gasteiger partial charge in [0.1, 0.15) is 0 Å². The summed E-state index contributed by atoms with van der Waals surface area (Å²) in [4.78, 5) is 19.5. The molecule has 7 nitrogen and oxygen atoms in total. The summed E-state index contributed by atoms with van der Waals surface area (Å²) in [5, 5.41) is 8.26. The van der Waals surface area contributed by atoms with E-state index in [2.05, 4.69) is 20.3 Å². The van der Waals surface area contributed by atoms with E-state index >= 15 is 0 Å². The first-order valence-corrected chi connectivity index (χ1v) is 8.45. The minimum atomic E-state index is -0.0522. The van der Waals surface area contributed by atoms with Gasteiger partial charge in [-0.25, -0.2) is 4.98 Å². The maximum absolute atomic E-state index is 12.6. The molecule has 1 fully saturated rings. The highest BCUT2D eigenvalue weighted by atomic mass is 16.5. The Kier molecular flexibility index (Phi) is 5.11. The van der Waals surface area contributed by atoms with Crippen LogP contribution >= 0.6 is 0 Å². The Bertz CT molecular complexity index is 734. The average molecular weight is 331 g/mol. The van der Waals surface area contributed by atoms with Gasteiger partial charge in [0.2, 0.25) is 0 Å². The lowest BCUT2D eigenvalue weighted by molar-refractivity contribution is 0.0374. The van der Waals surface area contributed by atoms with Gasteiger partial charge >= 0.3 is 0 Å². The van der Waals surface area contributed by atoms with E-state index in [0.29, 0.717) is 12.1 Å². The number of fused-ring (bicyclic) bond motifs is 1. The molecule has 24 heavy (non-hydrogen) atoms. The Morgan fingerprint density at radius 3 is 2.83 bits per heavy atom. The minimum Gasteiger partial charge on any atom is -0.379 e. The molecule has 2 aromatic rings. The van der Waals surface area contributed by atoms with Crippen molar-refractivity contribution in [3.63, 3.8) is 0 Å². The average Bonchev–Trinajstić information content (AvgIpc) is 2.86. The Morgan fingerprint density at radius 2 is 2.08 bits per heavy atom. The van der Waals surface area contributed by atoms with Gasteiger partial charge < -0.3 is 10.1 Å². The standard InChI is InChI=1S/C17H25N5O2/c1-12-11-14(15-13(2)20-21(3)16(15)19-12)17(23)18-5-4-6-22-7-9-24-10-8-22/h11H,4-10H2,1-3H3,(H,18,23). The highest BCUT2D eigenvalue weighted by Gasteiger charge is 2.17. The molecule has 0 saturated carbocycles. The molecule has 1 aliphatic rings. The van der Waals surface area contributed by atoms with Gasteiger partial charge in [-0.2, -0.15) is 5.10 Å². The van der Waals surface area contributed by atoms with Crippen LogP contribution in [0.5, 0.6) is 0 Å². The van der Waals surface area contributed by atoms with E-state index in [1.165, 1.54) is 0 Å². The van der Waals surface area contributed by atoms with Gasteiger partial charge in [0.05, 0.1) is 29.9 Å². The minimum absolute atomic E-state index is 0.0522. The molecule has 0 radical (unpaired) electrons. The molecule has 3 rings (SSSR count). The maximum atomic E-state index is 12.6. The molecule has 1 N–H and O–H groups in total. The van der Waals surface area contributed by atoms with Gasteiger partial charge in [-0.05, 0) is 32.9 Å². The van der Waals surface area contributed by atoms with E-state index in [4.69, 9.17) is 4.74 Å². The Hall–Kier alpha value is -1.99. The molecule has 1 aliphatic heterocycles. The number of rotatable bonds is 5. The number of nitrogens with zero attached hydrogens (tertiary/aromatic N) is 4. The summed E-state index contributed by atoms with van der Waals surface area (Å²) in [6.07, 6.45) is 0.935. The monoisotopic (exact) mass is 331 g/mol. The number of amides is 1. The van der Waals surface area contributed by atoms with Crippen molar-refractivity contribution in [1.29, 1.82) is 0 Å². The molecule has 0 aliphatic carbocycles. The molecule has 0 atom stereocenters. The molecule has 0 spiro atoms. The lowest BCUT2D eigenvalue weighted by atomic mass is 10.1. The van der Waals surface area contributed by atoms with Crippen LogP contribution in [0, 0.1) is 13.8 Å². The highest BCUT2D eigenvalue weighted by molar-refractivity contribution is 6.06. The molecule has 0 bridgehead atoms. The Labute approximate surface area is 142 Å². The quantitative estimate of drug-likeness (QED) is 0.829. The van der Waals surface area contributed by atoms with Crippen molar-refractivity contribution in [2.24, 2.45) is 7.05 Å². The van der Waals surface area contributed by atoms with E-state index in [-0.39, 0.29) is 5.91 Å². The Morgan fingerprint density at radius 1 is 1.33 bits per heavy atom. The molecule has 130 valence electrons. The van der Waals surface area contributed by atoms with Crippen LogP contribution in [0.3, 0.4) is 0 Å². The van der Waals surface area contributed by atoms with Crippen LogP contribution in [0.25, 0.3) is 11.0 Å². The molecule has 0 aromatic carbocycles. The lowest BCUT2D eigenvalue weighted by Crippen LogP contribution is -2.38. The zero-order valence-electron chi connectivity index (χ0n) is 14.6. The second-order valence-corrected chi connectivity index (χ2v) is 6.28. The van der Waals surface area contributed by atoms with Gasteiger partial charge in [-0.1, -0.05) is 0 Å². The van der Waals surface area contributed by atoms with Crippen molar-refractivity contribution in [3.8, 4) is 0 Å². The summed E-state index contributed by atoms with van der Waals surface area (Å²) in [6, 6.07) is 1.84. The number of ether oxygens (including phenoxy) is 1. The molecule has 1 amide bonds. The normalized spacial score (nSPS) is 15.8. The number of hydrogen-bond acceptors (Lipinski definition) is 5. The first-order valence-electron chi connectivity index (χ1n) is 8.45. The van der Waals surface area contributed by atoms with Crippen molar-refractivity contribution in [2.75, 3.05) is 39.4 Å². The number of pyridine rings is 1. The van der Waals surface area contributed by atoms with Gasteiger partial charge in [-0.3, -0.25) is 14.4 Å². The van der Waals surface area contributed by atoms with Crippen LogP contribution in [0.2, 0.25) is 0 Å². The predicted octanol–water partition coefficient (Wildman–Crippen LogP) is 1.04. The third-order valence-electron chi connectivity index (χ3n) is 4.38. The topological polar surface area (TPSA) is 72.3 Å². The number of morpholine rings is 1. The Balaban J connectivity index is 1.63. The number of hydrogen-bond donors (Lipinski definition) is 1. The summed E-state index contributed by atoms with van der Waals surface area (Å²) in [5.41, 5.74) is 3.07. The van der Waals surface area contributed by atoms with Crippen molar-refractivity contribution < 1.29 is 9.53 Å². The second kappa shape index (κ2) is 7.27. The molecule has 7 heteroatoms. The fourth-order valence-electron chi connectivity index (χ4n) is 3.17. The van der Waals surface area contributed by atoms with E-state index in [9.17, 15) is 4.79 Å². The van der Waals surface area contributed by atoms with Crippen LogP contribution in [0.15, 0.2) is 6.07 Å². The van der Waals surface area contributed by atoms with Gasteiger partial charge in [0, 0.05) is 32.4 Å². The van der Waals surface area contributed by atoms with Crippen molar-refractivity contribution in [1.82, 2.24) is 25.0 Å². The predicted molar refractivity (Wildman–Crippen MR) is 92.2 cm³/mol. The summed E-state index contributed by atoms with van der Waals surface area (Å²) >= 11 is 0. The van der Waals surface area contributed by atoms with Crippen LogP contribution in [0.1, 0.15) is 28.2 Å². The smallest absolute Gasteiger partial charge is 0.252 e. The summed E-state index contributed by atoms with van der Waals surface area (Å²) in [6.45, 7) is 9.03. The number of nitrogens with one attached hydrogen (secondary N) is 1. The molecular weight excluding hydrogens is 306 g/mol. The molecule has 0 unspecified atom stereocenters. The molecular formula is C17H25N5O2. The first-order chi connectivity index (χ1) is 11.6. The zero-order valence-corrected chi connectivity index (χ0v) is 14.6. The molecule has 2 aromatic heterocycles. The summed E-state index contributed by atoms with van der Waals surface area (Å²) in [5.74, 6) is -0.0522. The first kappa shape index (κ1) is 16.9. The largest absolute Gasteiger partial charge is 0.379 e. The van der Waals surface area contributed by atoms with Crippen molar-refractivity contribution in [3.05, 3.63) is 23.0 Å². The fourth-order valence-corrected chi connectivity index (χ4v) is 3.17. The van der Waals surface area contributed by atoms with E-state index < -0.39 is 0 Å². The number of carbonyl (C=O) groups excluding carboxylic acids is 1. The van der Waals surface area contributed by atoms with Gasteiger partial charge in [0.25, 0.3) is 5.91 Å². The van der Waals surface area contributed by atoms with Crippen LogP contribution in [-0.2, 0) is 11.8 Å². The summed E-state index contributed by atoms with van der Waals surface area (Å²) in [7, 11) is 1.85. The number of carbonyl (C=O) groups is 1. The second-order valence-electron chi connectivity index (χ2n) is 6.28. The van der Waals surface area contributed by atoms with Gasteiger partial charge in [0.15, 0.2) is 5.65 Å². The molecule has 1 saturated heterocycles. The molecule has 3 heterocycles. The van der Waals surface area contributed by atoms with E-state index in [0.717, 1.165) is 61.7 Å². The third-order valence-corrected chi connectivity index (χ3v) is 4.38.